The van der Waals surface area contributed by atoms with Gasteiger partial charge < -0.3 is 20.5 Å². The van der Waals surface area contributed by atoms with Crippen molar-refractivity contribution >= 4 is 17.8 Å². The van der Waals surface area contributed by atoms with Gasteiger partial charge in [-0.3, -0.25) is 14.4 Å². The third kappa shape index (κ3) is 5.07. The van der Waals surface area contributed by atoms with E-state index in [0.717, 1.165) is 0 Å². The minimum atomic E-state index is -1.15. The highest BCUT2D eigenvalue weighted by Gasteiger charge is 2.20. The van der Waals surface area contributed by atoms with Crippen molar-refractivity contribution < 1.29 is 24.2 Å². The monoisotopic (exact) mass is 280 g/mol. The lowest BCUT2D eigenvalue weighted by Gasteiger charge is -2.15. The van der Waals surface area contributed by atoms with Crippen molar-refractivity contribution in [3.63, 3.8) is 0 Å². The van der Waals surface area contributed by atoms with Crippen molar-refractivity contribution in [2.45, 2.75) is 6.10 Å². The molecule has 1 atom stereocenters. The lowest BCUT2D eigenvalue weighted by Crippen LogP contribution is -2.40. The van der Waals surface area contributed by atoms with Gasteiger partial charge in [0.15, 0.2) is 6.10 Å². The number of ether oxygens (including phenoxy) is 1. The summed E-state index contributed by atoms with van der Waals surface area (Å²) < 4.78 is 5.09. The largest absolute Gasteiger partial charge is 0.480 e. The van der Waals surface area contributed by atoms with Gasteiger partial charge in [0.2, 0.25) is 5.91 Å². The van der Waals surface area contributed by atoms with Gasteiger partial charge in [-0.1, -0.05) is 30.3 Å². The summed E-state index contributed by atoms with van der Waals surface area (Å²) in [7, 11) is 1.39. The number of carbonyl (C=O) groups is 3. The Morgan fingerprint density at radius 1 is 1.15 bits per heavy atom. The number of hydrogen-bond acceptors (Lipinski definition) is 4. The molecule has 0 fully saturated rings. The molecule has 0 saturated carbocycles. The van der Waals surface area contributed by atoms with E-state index in [1.54, 1.807) is 24.3 Å². The van der Waals surface area contributed by atoms with Crippen LogP contribution in [0.2, 0.25) is 0 Å². The molecule has 1 aromatic carbocycles. The van der Waals surface area contributed by atoms with Crippen molar-refractivity contribution in [2.75, 3.05) is 20.2 Å². The third-order valence-corrected chi connectivity index (χ3v) is 2.44. The van der Waals surface area contributed by atoms with Gasteiger partial charge in [-0.15, -0.1) is 0 Å². The van der Waals surface area contributed by atoms with E-state index in [1.165, 1.54) is 7.11 Å². The fourth-order valence-electron chi connectivity index (χ4n) is 1.52. The molecule has 0 aromatic heterocycles. The Morgan fingerprint density at radius 2 is 1.80 bits per heavy atom. The molecular formula is C13H16N2O5. The highest BCUT2D eigenvalue weighted by Crippen LogP contribution is 2.15. The molecule has 0 aliphatic heterocycles. The SMILES string of the molecule is COC(C(=O)NCC(=O)NCC(=O)O)c1ccccc1. The number of amides is 2. The Bertz CT molecular complexity index is 475. The topological polar surface area (TPSA) is 105 Å². The van der Waals surface area contributed by atoms with Crippen molar-refractivity contribution in [1.82, 2.24) is 10.6 Å². The maximum Gasteiger partial charge on any atom is 0.322 e. The molecule has 3 N–H and O–H groups in total. The summed E-state index contributed by atoms with van der Waals surface area (Å²) in [4.78, 5) is 33.4. The average molecular weight is 280 g/mol. The Kier molecular flexibility index (Phi) is 6.18. The number of hydrogen-bond donors (Lipinski definition) is 3. The first-order valence-corrected chi connectivity index (χ1v) is 5.88. The number of methoxy groups -OCH3 is 1. The molecule has 7 nitrogen and oxygen atoms in total. The maximum absolute atomic E-state index is 11.9. The average Bonchev–Trinajstić information content (AvgIpc) is 2.45. The second-order valence-corrected chi connectivity index (χ2v) is 3.91. The summed E-state index contributed by atoms with van der Waals surface area (Å²) in [6, 6.07) is 8.83. The molecule has 1 aromatic rings. The number of nitrogens with one attached hydrogen (secondary N) is 2. The molecule has 0 saturated heterocycles. The number of carboxylic acid groups (broad SMARTS) is 1. The predicted octanol–water partition coefficient (Wildman–Crippen LogP) is -0.309. The van der Waals surface area contributed by atoms with Gasteiger partial charge in [-0.25, -0.2) is 0 Å². The van der Waals surface area contributed by atoms with E-state index in [1.807, 2.05) is 6.07 Å². The predicted molar refractivity (Wildman–Crippen MR) is 69.8 cm³/mol. The maximum atomic E-state index is 11.9. The first-order valence-electron chi connectivity index (χ1n) is 5.88. The molecule has 0 bridgehead atoms. The van der Waals surface area contributed by atoms with E-state index in [4.69, 9.17) is 9.84 Å². The smallest absolute Gasteiger partial charge is 0.322 e. The Labute approximate surface area is 115 Å². The van der Waals surface area contributed by atoms with Crippen molar-refractivity contribution in [3.05, 3.63) is 35.9 Å². The molecule has 2 amide bonds. The van der Waals surface area contributed by atoms with Crippen LogP contribution in [0.4, 0.5) is 0 Å². The van der Waals surface area contributed by atoms with Gasteiger partial charge in [0, 0.05) is 7.11 Å². The standard InChI is InChI=1S/C13H16N2O5/c1-20-12(9-5-3-2-4-6-9)13(19)15-7-10(16)14-8-11(17)18/h2-6,12H,7-8H2,1H3,(H,14,16)(H,15,19)(H,17,18). The Morgan fingerprint density at radius 3 is 2.35 bits per heavy atom. The molecule has 0 radical (unpaired) electrons. The van der Waals surface area contributed by atoms with E-state index in [2.05, 4.69) is 10.6 Å². The number of aliphatic carboxylic acids is 1. The Balaban J connectivity index is 2.48. The number of carboxylic acids is 1. The van der Waals surface area contributed by atoms with Crippen LogP contribution in [0.3, 0.4) is 0 Å². The van der Waals surface area contributed by atoms with Crippen LogP contribution in [-0.4, -0.2) is 43.1 Å². The van der Waals surface area contributed by atoms with Gasteiger partial charge in [0.05, 0.1) is 6.54 Å². The lowest BCUT2D eigenvalue weighted by molar-refractivity contribution is -0.138. The second-order valence-electron chi connectivity index (χ2n) is 3.91. The van der Waals surface area contributed by atoms with Crippen molar-refractivity contribution in [3.8, 4) is 0 Å². The van der Waals surface area contributed by atoms with E-state index in [0.29, 0.717) is 5.56 Å². The molecule has 20 heavy (non-hydrogen) atoms. The normalized spacial score (nSPS) is 11.4. The zero-order valence-corrected chi connectivity index (χ0v) is 11.0. The highest BCUT2D eigenvalue weighted by molar-refractivity contribution is 5.88. The lowest BCUT2D eigenvalue weighted by atomic mass is 10.1. The van der Waals surface area contributed by atoms with Crippen LogP contribution in [0.1, 0.15) is 11.7 Å². The minimum absolute atomic E-state index is 0.307. The summed E-state index contributed by atoms with van der Waals surface area (Å²) in [5, 5.41) is 12.9. The summed E-state index contributed by atoms with van der Waals surface area (Å²) >= 11 is 0. The fraction of sp³-hybridized carbons (Fsp3) is 0.308. The summed E-state index contributed by atoms with van der Waals surface area (Å²) in [5.74, 6) is -2.20. The quantitative estimate of drug-likeness (QED) is 0.635. The van der Waals surface area contributed by atoms with Crippen LogP contribution in [0.15, 0.2) is 30.3 Å². The van der Waals surface area contributed by atoms with Gasteiger partial charge >= 0.3 is 5.97 Å². The molecule has 0 aliphatic carbocycles. The molecule has 1 rings (SSSR count). The van der Waals surface area contributed by atoms with Crippen LogP contribution in [0, 0.1) is 0 Å². The highest BCUT2D eigenvalue weighted by atomic mass is 16.5. The van der Waals surface area contributed by atoms with Crippen LogP contribution in [-0.2, 0) is 19.1 Å². The van der Waals surface area contributed by atoms with Crippen molar-refractivity contribution in [1.29, 1.82) is 0 Å². The van der Waals surface area contributed by atoms with E-state index in [9.17, 15) is 14.4 Å². The van der Waals surface area contributed by atoms with E-state index < -0.39 is 30.4 Å². The Hall–Kier alpha value is -2.41. The zero-order chi connectivity index (χ0) is 15.0. The first kappa shape index (κ1) is 15.6. The van der Waals surface area contributed by atoms with Crippen LogP contribution >= 0.6 is 0 Å². The molecule has 0 heterocycles. The molecule has 1 unspecified atom stereocenters. The summed E-state index contributed by atoms with van der Waals surface area (Å²) in [6.45, 7) is -0.792. The summed E-state index contributed by atoms with van der Waals surface area (Å²) in [5.41, 5.74) is 0.665. The van der Waals surface area contributed by atoms with Gasteiger partial charge in [-0.05, 0) is 5.56 Å². The van der Waals surface area contributed by atoms with Crippen LogP contribution < -0.4 is 10.6 Å². The van der Waals surface area contributed by atoms with Crippen molar-refractivity contribution in [2.24, 2.45) is 0 Å². The third-order valence-electron chi connectivity index (χ3n) is 2.44. The van der Waals surface area contributed by atoms with Crippen LogP contribution in [0.25, 0.3) is 0 Å². The van der Waals surface area contributed by atoms with E-state index >= 15 is 0 Å². The number of rotatable bonds is 7. The number of benzene rings is 1. The molecule has 0 spiro atoms. The molecule has 108 valence electrons. The first-order chi connectivity index (χ1) is 9.54. The molecular weight excluding hydrogens is 264 g/mol. The van der Waals surface area contributed by atoms with Gasteiger partial charge in [0.25, 0.3) is 5.91 Å². The van der Waals surface area contributed by atoms with Gasteiger partial charge in [-0.2, -0.15) is 0 Å². The second kappa shape index (κ2) is 7.90. The minimum Gasteiger partial charge on any atom is -0.480 e. The van der Waals surface area contributed by atoms with E-state index in [-0.39, 0.29) is 6.54 Å². The fourth-order valence-corrected chi connectivity index (χ4v) is 1.52. The van der Waals surface area contributed by atoms with Gasteiger partial charge in [0.1, 0.15) is 6.54 Å². The molecule has 0 aliphatic rings. The molecule has 7 heteroatoms. The van der Waals surface area contributed by atoms with Crippen LogP contribution in [0.5, 0.6) is 0 Å². The number of carbonyl (C=O) groups excluding carboxylic acids is 2. The zero-order valence-electron chi connectivity index (χ0n) is 11.0. The summed E-state index contributed by atoms with van der Waals surface area (Å²) in [6.07, 6.45) is -0.816.